The molecule has 1 saturated carbocycles. The van der Waals surface area contributed by atoms with Gasteiger partial charge in [0.15, 0.2) is 0 Å². The van der Waals surface area contributed by atoms with E-state index in [-0.39, 0.29) is 43.0 Å². The van der Waals surface area contributed by atoms with E-state index in [2.05, 4.69) is 21.3 Å². The first-order valence-electron chi connectivity index (χ1n) is 16.4. The van der Waals surface area contributed by atoms with E-state index < -0.39 is 59.9 Å². The molecule has 1 saturated heterocycles. The van der Waals surface area contributed by atoms with Gasteiger partial charge in [-0.1, -0.05) is 39.5 Å². The molecule has 260 valence electrons. The lowest BCUT2D eigenvalue weighted by molar-refractivity contribution is -0.144. The molecule has 4 atom stereocenters. The number of hydrogen-bond donors (Lipinski definition) is 4. The number of Topliss-reactive ketones (excluding diaryl/α,β-unsaturated/α-hetero) is 1. The average Bonchev–Trinajstić information content (AvgIpc) is 3.38. The molecule has 1 heterocycles. The minimum absolute atomic E-state index is 0.0812. The van der Waals surface area contributed by atoms with Crippen molar-refractivity contribution in [1.29, 1.82) is 0 Å². The maximum atomic E-state index is 14.0. The average molecular weight is 651 g/mol. The van der Waals surface area contributed by atoms with Gasteiger partial charge in [0.05, 0.1) is 12.6 Å². The first-order chi connectivity index (χ1) is 21.5. The Morgan fingerprint density at radius 3 is 2.17 bits per heavy atom. The van der Waals surface area contributed by atoms with Crippen LogP contribution < -0.4 is 21.3 Å². The molecule has 0 aromatic rings. The zero-order chi connectivity index (χ0) is 34.6. The van der Waals surface area contributed by atoms with Crippen molar-refractivity contribution < 1.29 is 38.3 Å². The SMILES string of the molecule is CCCC(NC(=O)C1[C@@H](C)CCN1C(=O)C(NC(=O)OC(C)(C)C)C1CCCCC1)C(=O)C(=O)NCC(=O)NCCC(=O)N(C)C. The highest BCUT2D eigenvalue weighted by molar-refractivity contribution is 6.38. The minimum Gasteiger partial charge on any atom is -0.444 e. The molecule has 4 N–H and O–H groups in total. The molecule has 0 aromatic carbocycles. The molecule has 14 nitrogen and oxygen atoms in total. The zero-order valence-electron chi connectivity index (χ0n) is 28.5. The van der Waals surface area contributed by atoms with Gasteiger partial charge in [-0.2, -0.15) is 0 Å². The molecule has 1 aliphatic carbocycles. The van der Waals surface area contributed by atoms with E-state index >= 15 is 0 Å². The van der Waals surface area contributed by atoms with Crippen molar-refractivity contribution in [2.75, 3.05) is 33.7 Å². The van der Waals surface area contributed by atoms with Crippen LogP contribution in [0, 0.1) is 11.8 Å². The van der Waals surface area contributed by atoms with Crippen LogP contribution in [-0.4, -0.2) is 109 Å². The maximum Gasteiger partial charge on any atom is 0.408 e. The Morgan fingerprint density at radius 2 is 1.59 bits per heavy atom. The Balaban J connectivity index is 2.10. The molecule has 0 spiro atoms. The molecule has 2 aliphatic rings. The quantitative estimate of drug-likeness (QED) is 0.203. The third-order valence-electron chi connectivity index (χ3n) is 8.31. The summed E-state index contributed by atoms with van der Waals surface area (Å²) in [6.45, 7) is 8.80. The van der Waals surface area contributed by atoms with Gasteiger partial charge in [0.25, 0.3) is 5.91 Å². The lowest BCUT2D eigenvalue weighted by atomic mass is 9.83. The molecule has 0 bridgehead atoms. The maximum absolute atomic E-state index is 14.0. The second kappa shape index (κ2) is 17.8. The van der Waals surface area contributed by atoms with Gasteiger partial charge >= 0.3 is 6.09 Å². The Hall–Kier alpha value is -3.71. The van der Waals surface area contributed by atoms with Crippen LogP contribution >= 0.6 is 0 Å². The van der Waals surface area contributed by atoms with Crippen molar-refractivity contribution in [3.8, 4) is 0 Å². The number of ketones is 1. The number of carbonyl (C=O) groups is 7. The number of hydrogen-bond acceptors (Lipinski definition) is 8. The van der Waals surface area contributed by atoms with Crippen LogP contribution in [-0.2, 0) is 33.5 Å². The number of nitrogens with zero attached hydrogens (tertiary/aromatic N) is 2. The molecule has 3 unspecified atom stereocenters. The topological polar surface area (TPSA) is 183 Å². The molecule has 2 fully saturated rings. The van der Waals surface area contributed by atoms with Gasteiger partial charge in [-0.25, -0.2) is 4.79 Å². The van der Waals surface area contributed by atoms with E-state index in [9.17, 15) is 33.6 Å². The number of carbonyl (C=O) groups excluding carboxylic acids is 7. The second-order valence-corrected chi connectivity index (χ2v) is 13.5. The fraction of sp³-hybridized carbons (Fsp3) is 0.781. The van der Waals surface area contributed by atoms with Gasteiger partial charge in [0, 0.05) is 33.6 Å². The van der Waals surface area contributed by atoms with E-state index in [4.69, 9.17) is 4.74 Å². The van der Waals surface area contributed by atoms with E-state index in [1.807, 2.05) is 6.92 Å². The highest BCUT2D eigenvalue weighted by Crippen LogP contribution is 2.31. The summed E-state index contributed by atoms with van der Waals surface area (Å²) in [5.74, 6) is -3.91. The van der Waals surface area contributed by atoms with E-state index in [1.165, 1.54) is 9.80 Å². The first-order valence-corrected chi connectivity index (χ1v) is 16.4. The van der Waals surface area contributed by atoms with Gasteiger partial charge in [-0.05, 0) is 58.3 Å². The number of amides is 6. The molecule has 46 heavy (non-hydrogen) atoms. The molecule has 6 amide bonds. The van der Waals surface area contributed by atoms with Crippen molar-refractivity contribution in [2.45, 2.75) is 116 Å². The van der Waals surface area contributed by atoms with Crippen molar-refractivity contribution in [3.63, 3.8) is 0 Å². The number of likely N-dealkylation sites (tertiary alicyclic amines) is 1. The summed E-state index contributed by atoms with van der Waals surface area (Å²) in [6, 6.07) is -2.91. The Bertz CT molecular complexity index is 1110. The number of rotatable bonds is 14. The summed E-state index contributed by atoms with van der Waals surface area (Å²) in [7, 11) is 3.20. The summed E-state index contributed by atoms with van der Waals surface area (Å²) >= 11 is 0. The van der Waals surface area contributed by atoms with Crippen LogP contribution in [0.25, 0.3) is 0 Å². The Morgan fingerprint density at radius 1 is 0.935 bits per heavy atom. The van der Waals surface area contributed by atoms with Crippen molar-refractivity contribution >= 4 is 41.4 Å². The normalized spacial score (nSPS) is 19.8. The van der Waals surface area contributed by atoms with Crippen LogP contribution in [0.15, 0.2) is 0 Å². The molecule has 2 rings (SSSR count). The predicted molar refractivity (Wildman–Crippen MR) is 170 cm³/mol. The van der Waals surface area contributed by atoms with Crippen molar-refractivity contribution in [2.24, 2.45) is 11.8 Å². The zero-order valence-corrected chi connectivity index (χ0v) is 28.5. The Kier molecular flexibility index (Phi) is 14.9. The third kappa shape index (κ3) is 11.9. The van der Waals surface area contributed by atoms with Gasteiger partial charge in [-0.15, -0.1) is 0 Å². The number of nitrogens with one attached hydrogen (secondary N) is 4. The van der Waals surface area contributed by atoms with Crippen LogP contribution in [0.2, 0.25) is 0 Å². The standard InChI is InChI=1S/C32H54N6O8/c1-8-12-22(27(41)29(43)34-19-23(39)33-17-15-24(40)37(6)7)35-28(42)26-20(2)16-18-38(26)30(44)25(21-13-10-9-11-14-21)36-31(45)46-32(3,4)5/h20-22,25-26H,8-19H2,1-7H3,(H,33,39)(H,34,43)(H,35,42)(H,36,45)/t20-,22?,25?,26?/m0/s1. The molecule has 14 heteroatoms. The minimum atomic E-state index is -1.16. The summed E-state index contributed by atoms with van der Waals surface area (Å²) in [6.07, 6.45) is 5.06. The summed E-state index contributed by atoms with van der Waals surface area (Å²) < 4.78 is 5.45. The van der Waals surface area contributed by atoms with Crippen LogP contribution in [0.5, 0.6) is 0 Å². The molecular weight excluding hydrogens is 596 g/mol. The van der Waals surface area contributed by atoms with Crippen LogP contribution in [0.4, 0.5) is 4.79 Å². The Labute approximate surface area is 272 Å². The lowest BCUT2D eigenvalue weighted by Gasteiger charge is -2.35. The van der Waals surface area contributed by atoms with Gasteiger partial charge in [0.2, 0.25) is 29.4 Å². The number of alkyl carbamates (subject to hydrolysis) is 1. The van der Waals surface area contributed by atoms with Crippen LogP contribution in [0.3, 0.4) is 0 Å². The monoisotopic (exact) mass is 650 g/mol. The van der Waals surface area contributed by atoms with Crippen molar-refractivity contribution in [3.05, 3.63) is 0 Å². The summed E-state index contributed by atoms with van der Waals surface area (Å²) in [5, 5.41) is 10.3. The lowest BCUT2D eigenvalue weighted by Crippen LogP contribution is -2.59. The number of ether oxygens (including phenoxy) is 1. The molecule has 0 aromatic heterocycles. The van der Waals surface area contributed by atoms with E-state index in [1.54, 1.807) is 41.8 Å². The first kappa shape index (κ1) is 38.5. The third-order valence-corrected chi connectivity index (χ3v) is 8.31. The van der Waals surface area contributed by atoms with Gasteiger partial charge in [-0.3, -0.25) is 28.8 Å². The smallest absolute Gasteiger partial charge is 0.408 e. The summed E-state index contributed by atoms with van der Waals surface area (Å²) in [4.78, 5) is 92.9. The molecule has 1 aliphatic heterocycles. The fourth-order valence-corrected chi connectivity index (χ4v) is 5.87. The van der Waals surface area contributed by atoms with Crippen molar-refractivity contribution in [1.82, 2.24) is 31.1 Å². The van der Waals surface area contributed by atoms with E-state index in [0.717, 1.165) is 32.1 Å². The highest BCUT2D eigenvalue weighted by Gasteiger charge is 2.45. The highest BCUT2D eigenvalue weighted by atomic mass is 16.6. The molecular formula is C32H54N6O8. The van der Waals surface area contributed by atoms with Gasteiger partial charge < -0.3 is 35.8 Å². The van der Waals surface area contributed by atoms with Gasteiger partial charge in [0.1, 0.15) is 17.7 Å². The largest absolute Gasteiger partial charge is 0.444 e. The molecule has 0 radical (unpaired) electrons. The van der Waals surface area contributed by atoms with Crippen LogP contribution in [0.1, 0.15) is 92.4 Å². The fourth-order valence-electron chi connectivity index (χ4n) is 5.87. The predicted octanol–water partition coefficient (Wildman–Crippen LogP) is 1.26. The second-order valence-electron chi connectivity index (χ2n) is 13.5. The van der Waals surface area contributed by atoms with E-state index in [0.29, 0.717) is 19.4 Å². The summed E-state index contributed by atoms with van der Waals surface area (Å²) in [5.41, 5.74) is -0.752.